The molecule has 4 atom stereocenters. The van der Waals surface area contributed by atoms with Crippen LogP contribution in [-0.4, -0.2) is 28.9 Å². The number of carbonyl (C=O) groups is 3. The summed E-state index contributed by atoms with van der Waals surface area (Å²) in [5.41, 5.74) is 0.433. The van der Waals surface area contributed by atoms with Crippen molar-refractivity contribution in [2.75, 3.05) is 10.2 Å². The van der Waals surface area contributed by atoms with Gasteiger partial charge in [0.15, 0.2) is 0 Å². The maximum Gasteiger partial charge on any atom is 0.250 e. The smallest absolute Gasteiger partial charge is 0.250 e. The highest BCUT2D eigenvalue weighted by Gasteiger charge is 2.70. The van der Waals surface area contributed by atoms with Crippen LogP contribution in [0.5, 0.6) is 5.75 Å². The predicted molar refractivity (Wildman–Crippen MR) is 121 cm³/mol. The standard InChI is InChI=1S/C26H20FN3O4/c27-17-6-2-4-8-20(17)30-23(32)21-19(13-14-9-11-15(31)12-10-14)29-26(22(21)24(30)33)16-5-1-3-7-18(16)28-25(26)34/h1-12,19,21-22,29,31H,13H2,(H,28,34). The molecule has 1 spiro atoms. The van der Waals surface area contributed by atoms with Crippen molar-refractivity contribution in [3.8, 4) is 5.75 Å². The van der Waals surface area contributed by atoms with Gasteiger partial charge in [-0.05, 0) is 42.3 Å². The Morgan fingerprint density at radius 3 is 2.38 bits per heavy atom. The van der Waals surface area contributed by atoms with E-state index in [1.807, 2.05) is 0 Å². The number of phenols is 1. The molecule has 3 N–H and O–H groups in total. The van der Waals surface area contributed by atoms with Gasteiger partial charge in [0.25, 0.3) is 0 Å². The van der Waals surface area contributed by atoms with Crippen molar-refractivity contribution in [2.24, 2.45) is 11.8 Å². The summed E-state index contributed by atoms with van der Waals surface area (Å²) in [6.45, 7) is 0. The van der Waals surface area contributed by atoms with Crippen LogP contribution in [0.4, 0.5) is 15.8 Å². The van der Waals surface area contributed by atoms with E-state index in [2.05, 4.69) is 10.6 Å². The highest BCUT2D eigenvalue weighted by Crippen LogP contribution is 2.54. The lowest BCUT2D eigenvalue weighted by molar-refractivity contribution is -0.130. The number of fused-ring (bicyclic) bond motifs is 4. The fraction of sp³-hybridized carbons (Fsp3) is 0.192. The van der Waals surface area contributed by atoms with E-state index in [4.69, 9.17) is 0 Å². The van der Waals surface area contributed by atoms with Crippen LogP contribution in [0.1, 0.15) is 11.1 Å². The van der Waals surface area contributed by atoms with Crippen LogP contribution < -0.4 is 15.5 Å². The van der Waals surface area contributed by atoms with Crippen LogP contribution in [0.15, 0.2) is 72.8 Å². The summed E-state index contributed by atoms with van der Waals surface area (Å²) in [5, 5.41) is 15.8. The van der Waals surface area contributed by atoms with Crippen LogP contribution in [0.2, 0.25) is 0 Å². The molecule has 2 saturated heterocycles. The maximum atomic E-state index is 14.7. The first-order chi connectivity index (χ1) is 16.4. The molecular formula is C26H20FN3O4. The fourth-order valence-corrected chi connectivity index (χ4v) is 5.69. The number of imide groups is 1. The zero-order valence-corrected chi connectivity index (χ0v) is 17.9. The van der Waals surface area contributed by atoms with Gasteiger partial charge in [-0.3, -0.25) is 19.7 Å². The largest absolute Gasteiger partial charge is 0.508 e. The Morgan fingerprint density at radius 2 is 1.62 bits per heavy atom. The minimum absolute atomic E-state index is 0.111. The van der Waals surface area contributed by atoms with Crippen LogP contribution in [0.25, 0.3) is 0 Å². The molecule has 3 aliphatic heterocycles. The SMILES string of the molecule is O=C1C2C(Cc3ccc(O)cc3)NC3(C(=O)Nc4ccccc43)C2C(=O)N1c1ccccc1F. The number of aromatic hydroxyl groups is 1. The summed E-state index contributed by atoms with van der Waals surface area (Å²) in [6.07, 6.45) is 0.336. The van der Waals surface area contributed by atoms with Gasteiger partial charge in [-0.2, -0.15) is 0 Å². The van der Waals surface area contributed by atoms with Gasteiger partial charge in [-0.1, -0.05) is 42.5 Å². The second kappa shape index (κ2) is 7.23. The average Bonchev–Trinajstić information content (AvgIpc) is 3.41. The predicted octanol–water partition coefficient (Wildman–Crippen LogP) is 2.70. The molecule has 2 fully saturated rings. The third kappa shape index (κ3) is 2.69. The summed E-state index contributed by atoms with van der Waals surface area (Å²) >= 11 is 0. The zero-order chi connectivity index (χ0) is 23.6. The van der Waals surface area contributed by atoms with E-state index in [-0.39, 0.29) is 11.4 Å². The lowest BCUT2D eigenvalue weighted by Gasteiger charge is -2.29. The number of amides is 3. The van der Waals surface area contributed by atoms with Gasteiger partial charge in [0.05, 0.1) is 17.5 Å². The van der Waals surface area contributed by atoms with E-state index in [9.17, 15) is 23.9 Å². The minimum Gasteiger partial charge on any atom is -0.508 e. The molecule has 4 unspecified atom stereocenters. The number of phenolic OH excluding ortho intramolecular Hbond substituents is 1. The number of rotatable bonds is 3. The highest BCUT2D eigenvalue weighted by atomic mass is 19.1. The lowest BCUT2D eigenvalue weighted by Crippen LogP contribution is -2.53. The van der Waals surface area contributed by atoms with E-state index < -0.39 is 47.0 Å². The minimum atomic E-state index is -1.45. The normalized spacial score (nSPS) is 27.3. The van der Waals surface area contributed by atoms with Crippen LogP contribution in [0, 0.1) is 17.7 Å². The molecule has 170 valence electrons. The molecular weight excluding hydrogens is 437 g/mol. The van der Waals surface area contributed by atoms with E-state index in [0.29, 0.717) is 17.7 Å². The molecule has 3 heterocycles. The van der Waals surface area contributed by atoms with Crippen molar-refractivity contribution in [1.82, 2.24) is 5.32 Å². The van der Waals surface area contributed by atoms with Crippen molar-refractivity contribution in [1.29, 1.82) is 0 Å². The lowest BCUT2D eigenvalue weighted by atomic mass is 9.76. The third-order valence-electron chi connectivity index (χ3n) is 7.11. The Hall–Kier alpha value is -4.04. The molecule has 0 bridgehead atoms. The van der Waals surface area contributed by atoms with Gasteiger partial charge in [0.1, 0.15) is 17.1 Å². The number of anilines is 2. The molecule has 0 aromatic heterocycles. The summed E-state index contributed by atoms with van der Waals surface area (Å²) in [5.74, 6) is -4.04. The Kier molecular flexibility index (Phi) is 4.37. The molecule has 3 aromatic rings. The first kappa shape index (κ1) is 20.6. The number of nitrogens with one attached hydrogen (secondary N) is 2. The fourth-order valence-electron chi connectivity index (χ4n) is 5.69. The quantitative estimate of drug-likeness (QED) is 0.526. The average molecular weight is 457 g/mol. The number of nitrogens with zero attached hydrogens (tertiary/aromatic N) is 1. The van der Waals surface area contributed by atoms with Crippen molar-refractivity contribution in [3.63, 3.8) is 0 Å². The van der Waals surface area contributed by atoms with Gasteiger partial charge < -0.3 is 10.4 Å². The molecule has 3 aliphatic rings. The van der Waals surface area contributed by atoms with Gasteiger partial charge in [-0.15, -0.1) is 0 Å². The Balaban J connectivity index is 1.50. The number of hydrogen-bond acceptors (Lipinski definition) is 5. The molecule has 3 aromatic carbocycles. The Bertz CT molecular complexity index is 1360. The molecule has 7 nitrogen and oxygen atoms in total. The number of halogens is 1. The van der Waals surface area contributed by atoms with Crippen LogP contribution >= 0.6 is 0 Å². The molecule has 6 rings (SSSR count). The van der Waals surface area contributed by atoms with Crippen molar-refractivity contribution in [3.05, 3.63) is 89.7 Å². The van der Waals surface area contributed by atoms with Crippen LogP contribution in [-0.2, 0) is 26.3 Å². The third-order valence-corrected chi connectivity index (χ3v) is 7.11. The van der Waals surface area contributed by atoms with E-state index in [1.165, 1.54) is 18.2 Å². The van der Waals surface area contributed by atoms with Crippen molar-refractivity contribution in [2.45, 2.75) is 18.0 Å². The summed E-state index contributed by atoms with van der Waals surface area (Å²) in [7, 11) is 0. The topological polar surface area (TPSA) is 98.7 Å². The number of para-hydroxylation sites is 2. The molecule has 0 saturated carbocycles. The summed E-state index contributed by atoms with van der Waals surface area (Å²) < 4.78 is 14.7. The van der Waals surface area contributed by atoms with Crippen LogP contribution in [0.3, 0.4) is 0 Å². The number of carbonyl (C=O) groups excluding carboxylic acids is 3. The van der Waals surface area contributed by atoms with E-state index in [1.54, 1.807) is 54.6 Å². The number of benzene rings is 3. The van der Waals surface area contributed by atoms with Gasteiger partial charge >= 0.3 is 0 Å². The second-order valence-electron chi connectivity index (χ2n) is 8.90. The molecule has 0 radical (unpaired) electrons. The summed E-state index contributed by atoms with van der Waals surface area (Å²) in [6, 6.07) is 18.7. The summed E-state index contributed by atoms with van der Waals surface area (Å²) in [4.78, 5) is 41.8. The molecule has 3 amide bonds. The van der Waals surface area contributed by atoms with E-state index in [0.717, 1.165) is 10.5 Å². The number of hydrogen-bond donors (Lipinski definition) is 3. The van der Waals surface area contributed by atoms with Crippen molar-refractivity contribution < 1.29 is 23.9 Å². The first-order valence-corrected chi connectivity index (χ1v) is 11.0. The van der Waals surface area contributed by atoms with Gasteiger partial charge in [0.2, 0.25) is 17.7 Å². The van der Waals surface area contributed by atoms with Gasteiger partial charge in [-0.25, -0.2) is 9.29 Å². The first-order valence-electron chi connectivity index (χ1n) is 11.0. The molecule has 34 heavy (non-hydrogen) atoms. The Morgan fingerprint density at radius 1 is 0.912 bits per heavy atom. The van der Waals surface area contributed by atoms with Crippen molar-refractivity contribution >= 4 is 29.1 Å². The second-order valence-corrected chi connectivity index (χ2v) is 8.90. The monoisotopic (exact) mass is 457 g/mol. The Labute approximate surface area is 194 Å². The highest BCUT2D eigenvalue weighted by molar-refractivity contribution is 6.25. The zero-order valence-electron chi connectivity index (χ0n) is 17.9. The molecule has 0 aliphatic carbocycles. The van der Waals surface area contributed by atoms with Gasteiger partial charge in [0, 0.05) is 17.3 Å². The van der Waals surface area contributed by atoms with E-state index >= 15 is 0 Å². The maximum absolute atomic E-state index is 14.7. The molecule has 8 heteroatoms.